The van der Waals surface area contributed by atoms with Crippen LogP contribution < -0.4 is 5.32 Å². The van der Waals surface area contributed by atoms with E-state index in [0.717, 1.165) is 45.1 Å². The Bertz CT molecular complexity index is 372. The van der Waals surface area contributed by atoms with E-state index in [1.54, 1.807) is 0 Å². The Morgan fingerprint density at radius 2 is 2.10 bits per heavy atom. The zero-order chi connectivity index (χ0) is 15.3. The molecular formula is C15H26N2O4. The van der Waals surface area contributed by atoms with Crippen molar-refractivity contribution in [2.75, 3.05) is 26.2 Å². The molecule has 2 N–H and O–H groups in total. The molecule has 0 saturated carbocycles. The van der Waals surface area contributed by atoms with Crippen molar-refractivity contribution in [2.24, 2.45) is 0 Å². The topological polar surface area (TPSA) is 78.9 Å². The second-order valence-electron chi connectivity index (χ2n) is 6.06. The highest BCUT2D eigenvalue weighted by atomic mass is 16.5. The molecule has 6 nitrogen and oxygen atoms in total. The minimum Gasteiger partial charge on any atom is -0.480 e. The maximum Gasteiger partial charge on any atom is 0.329 e. The van der Waals surface area contributed by atoms with Crippen molar-refractivity contribution < 1.29 is 19.4 Å². The lowest BCUT2D eigenvalue weighted by Gasteiger charge is -2.38. The van der Waals surface area contributed by atoms with Gasteiger partial charge in [-0.2, -0.15) is 0 Å². The number of hydrogen-bond donors (Lipinski definition) is 2. The molecule has 0 spiro atoms. The van der Waals surface area contributed by atoms with E-state index in [1.165, 1.54) is 0 Å². The van der Waals surface area contributed by atoms with Crippen LogP contribution in [0, 0.1) is 0 Å². The van der Waals surface area contributed by atoms with Crippen molar-refractivity contribution >= 4 is 11.9 Å². The summed E-state index contributed by atoms with van der Waals surface area (Å²) in [7, 11) is 0. The van der Waals surface area contributed by atoms with E-state index in [0.29, 0.717) is 13.1 Å². The molecule has 2 saturated heterocycles. The lowest BCUT2D eigenvalue weighted by Crippen LogP contribution is -2.56. The zero-order valence-electron chi connectivity index (χ0n) is 12.8. The average Bonchev–Trinajstić information content (AvgIpc) is 2.95. The standard InChI is InChI=1S/C15H26N2O4/c1-2-6-15(7-3-8-16-15)14(20)17-9-4-12(5-10-17)21-11-13(18)19/h12,16H,2-11H2,1H3,(H,18,19). The fourth-order valence-corrected chi connectivity index (χ4v) is 3.45. The number of nitrogens with one attached hydrogen (secondary N) is 1. The normalized spacial score (nSPS) is 27.0. The van der Waals surface area contributed by atoms with Gasteiger partial charge in [0.25, 0.3) is 0 Å². The molecule has 0 bridgehead atoms. The predicted molar refractivity (Wildman–Crippen MR) is 78.1 cm³/mol. The second-order valence-corrected chi connectivity index (χ2v) is 6.06. The van der Waals surface area contributed by atoms with Crippen LogP contribution in [0.4, 0.5) is 0 Å². The summed E-state index contributed by atoms with van der Waals surface area (Å²) in [5.74, 6) is -0.718. The molecule has 6 heteroatoms. The van der Waals surface area contributed by atoms with Crippen molar-refractivity contribution in [1.82, 2.24) is 10.2 Å². The molecule has 1 amide bonds. The second kappa shape index (κ2) is 7.22. The van der Waals surface area contributed by atoms with Gasteiger partial charge < -0.3 is 20.1 Å². The molecule has 2 aliphatic rings. The molecular weight excluding hydrogens is 272 g/mol. The van der Waals surface area contributed by atoms with E-state index < -0.39 is 5.97 Å². The molecule has 0 aromatic heterocycles. The minimum absolute atomic E-state index is 0.0381. The van der Waals surface area contributed by atoms with E-state index in [4.69, 9.17) is 9.84 Å². The third-order valence-corrected chi connectivity index (χ3v) is 4.50. The van der Waals surface area contributed by atoms with Crippen LogP contribution in [0.2, 0.25) is 0 Å². The molecule has 1 unspecified atom stereocenters. The monoisotopic (exact) mass is 298 g/mol. The molecule has 2 aliphatic heterocycles. The quantitative estimate of drug-likeness (QED) is 0.765. The van der Waals surface area contributed by atoms with Crippen molar-refractivity contribution in [3.8, 4) is 0 Å². The van der Waals surface area contributed by atoms with Gasteiger partial charge in [-0.05, 0) is 38.6 Å². The number of ether oxygens (including phenoxy) is 1. The van der Waals surface area contributed by atoms with Crippen LogP contribution in [0.25, 0.3) is 0 Å². The number of carboxylic acid groups (broad SMARTS) is 1. The van der Waals surface area contributed by atoms with E-state index in [2.05, 4.69) is 12.2 Å². The summed E-state index contributed by atoms with van der Waals surface area (Å²) in [6.45, 7) is 4.11. The number of rotatable bonds is 6. The van der Waals surface area contributed by atoms with Gasteiger partial charge >= 0.3 is 5.97 Å². The Hall–Kier alpha value is -1.14. The van der Waals surface area contributed by atoms with E-state index in [9.17, 15) is 9.59 Å². The third-order valence-electron chi connectivity index (χ3n) is 4.50. The largest absolute Gasteiger partial charge is 0.480 e. The molecule has 0 radical (unpaired) electrons. The number of carbonyl (C=O) groups is 2. The van der Waals surface area contributed by atoms with Crippen LogP contribution >= 0.6 is 0 Å². The molecule has 2 rings (SSSR count). The van der Waals surface area contributed by atoms with E-state index in [-0.39, 0.29) is 24.2 Å². The van der Waals surface area contributed by atoms with Crippen LogP contribution in [-0.2, 0) is 14.3 Å². The molecule has 2 heterocycles. The Kier molecular flexibility index (Phi) is 5.58. The molecule has 2 fully saturated rings. The van der Waals surface area contributed by atoms with Gasteiger partial charge in [-0.3, -0.25) is 4.79 Å². The average molecular weight is 298 g/mol. The van der Waals surface area contributed by atoms with Gasteiger partial charge in [-0.15, -0.1) is 0 Å². The number of nitrogens with zero attached hydrogens (tertiary/aromatic N) is 1. The fourth-order valence-electron chi connectivity index (χ4n) is 3.45. The number of hydrogen-bond acceptors (Lipinski definition) is 4. The van der Waals surface area contributed by atoms with Gasteiger partial charge in [0.2, 0.25) is 5.91 Å². The summed E-state index contributed by atoms with van der Waals surface area (Å²) in [5, 5.41) is 12.0. The van der Waals surface area contributed by atoms with Gasteiger partial charge in [-0.25, -0.2) is 4.79 Å². The molecule has 21 heavy (non-hydrogen) atoms. The Morgan fingerprint density at radius 1 is 1.38 bits per heavy atom. The first-order valence-corrected chi connectivity index (χ1v) is 7.95. The highest BCUT2D eigenvalue weighted by Crippen LogP contribution is 2.28. The summed E-state index contributed by atoms with van der Waals surface area (Å²) in [6, 6.07) is 0. The van der Waals surface area contributed by atoms with Crippen molar-refractivity contribution in [2.45, 2.75) is 57.1 Å². The van der Waals surface area contributed by atoms with Crippen LogP contribution in [0.5, 0.6) is 0 Å². The Labute approximate surface area is 125 Å². The smallest absolute Gasteiger partial charge is 0.329 e. The first-order valence-electron chi connectivity index (χ1n) is 7.95. The molecule has 1 atom stereocenters. The van der Waals surface area contributed by atoms with Crippen LogP contribution in [0.3, 0.4) is 0 Å². The highest BCUT2D eigenvalue weighted by Gasteiger charge is 2.43. The SMILES string of the molecule is CCCC1(C(=O)N2CCC(OCC(=O)O)CC2)CCCN1. The summed E-state index contributed by atoms with van der Waals surface area (Å²) >= 11 is 0. The molecule has 0 aromatic rings. The van der Waals surface area contributed by atoms with Crippen LogP contribution in [0.1, 0.15) is 45.4 Å². The Balaban J connectivity index is 1.86. The van der Waals surface area contributed by atoms with Crippen molar-refractivity contribution in [3.63, 3.8) is 0 Å². The van der Waals surface area contributed by atoms with Crippen molar-refractivity contribution in [1.29, 1.82) is 0 Å². The molecule has 0 aliphatic carbocycles. The predicted octanol–water partition coefficient (Wildman–Crippen LogP) is 1.00. The number of carboxylic acids is 1. The lowest BCUT2D eigenvalue weighted by molar-refractivity contribution is -0.148. The van der Waals surface area contributed by atoms with E-state index in [1.807, 2.05) is 4.90 Å². The zero-order valence-corrected chi connectivity index (χ0v) is 12.8. The first kappa shape index (κ1) is 16.2. The maximum atomic E-state index is 12.8. The molecule has 0 aromatic carbocycles. The summed E-state index contributed by atoms with van der Waals surface area (Å²) < 4.78 is 5.32. The minimum atomic E-state index is -0.939. The third kappa shape index (κ3) is 3.95. The lowest BCUT2D eigenvalue weighted by atomic mass is 9.89. The van der Waals surface area contributed by atoms with E-state index >= 15 is 0 Å². The van der Waals surface area contributed by atoms with Gasteiger partial charge in [0.05, 0.1) is 11.6 Å². The number of amides is 1. The molecule has 120 valence electrons. The fraction of sp³-hybridized carbons (Fsp3) is 0.867. The number of likely N-dealkylation sites (tertiary alicyclic amines) is 1. The highest BCUT2D eigenvalue weighted by molar-refractivity contribution is 5.86. The summed E-state index contributed by atoms with van der Waals surface area (Å²) in [6.07, 6.45) is 5.28. The van der Waals surface area contributed by atoms with Crippen LogP contribution in [0.15, 0.2) is 0 Å². The number of piperidine rings is 1. The van der Waals surface area contributed by atoms with Crippen LogP contribution in [-0.4, -0.2) is 59.8 Å². The van der Waals surface area contributed by atoms with Gasteiger partial charge in [0.1, 0.15) is 6.61 Å². The van der Waals surface area contributed by atoms with Gasteiger partial charge in [0, 0.05) is 13.1 Å². The summed E-state index contributed by atoms with van der Waals surface area (Å²) in [5.41, 5.74) is -0.358. The van der Waals surface area contributed by atoms with Gasteiger partial charge in [0.15, 0.2) is 0 Å². The Morgan fingerprint density at radius 3 is 2.62 bits per heavy atom. The maximum absolute atomic E-state index is 12.8. The number of carbonyl (C=O) groups excluding carboxylic acids is 1. The summed E-state index contributed by atoms with van der Waals surface area (Å²) in [4.78, 5) is 25.2. The first-order chi connectivity index (χ1) is 10.1. The number of aliphatic carboxylic acids is 1. The van der Waals surface area contributed by atoms with Gasteiger partial charge in [-0.1, -0.05) is 13.3 Å². The van der Waals surface area contributed by atoms with Crippen molar-refractivity contribution in [3.05, 3.63) is 0 Å².